The molecule has 0 aliphatic rings. The first-order valence-electron chi connectivity index (χ1n) is 6.08. The highest BCUT2D eigenvalue weighted by molar-refractivity contribution is 4.61. The molecule has 0 amide bonds. The minimum atomic E-state index is 0.123. The molecule has 0 fully saturated rings. The van der Waals surface area contributed by atoms with Crippen LogP contribution in [0.25, 0.3) is 0 Å². The monoisotopic (exact) mass is 217 g/mol. The number of hydrogen-bond donors (Lipinski definition) is 2. The molecule has 0 aliphatic carbocycles. The fourth-order valence-electron chi connectivity index (χ4n) is 1.37. The van der Waals surface area contributed by atoms with Gasteiger partial charge in [0.15, 0.2) is 0 Å². The van der Waals surface area contributed by atoms with Gasteiger partial charge in [0.2, 0.25) is 0 Å². The molecular formula is C12H27NO2. The Kier molecular flexibility index (Phi) is 10.3. The second-order valence-corrected chi connectivity index (χ2v) is 4.52. The fourth-order valence-corrected chi connectivity index (χ4v) is 1.37. The average molecular weight is 217 g/mol. The van der Waals surface area contributed by atoms with E-state index in [-0.39, 0.29) is 6.61 Å². The molecule has 0 aromatic heterocycles. The predicted octanol–water partition coefficient (Wildman–Crippen LogP) is 1.80. The fraction of sp³-hybridized carbons (Fsp3) is 1.00. The lowest BCUT2D eigenvalue weighted by Gasteiger charge is -2.14. The summed E-state index contributed by atoms with van der Waals surface area (Å²) >= 11 is 0. The molecule has 3 nitrogen and oxygen atoms in total. The van der Waals surface area contributed by atoms with Crippen molar-refractivity contribution in [2.75, 3.05) is 26.4 Å². The summed E-state index contributed by atoms with van der Waals surface area (Å²) in [6.07, 6.45) is 3.55. The summed E-state index contributed by atoms with van der Waals surface area (Å²) in [5.74, 6) is 0.794. The van der Waals surface area contributed by atoms with E-state index in [0.29, 0.717) is 12.6 Å². The zero-order valence-corrected chi connectivity index (χ0v) is 10.5. The maximum absolute atomic E-state index is 8.49. The summed E-state index contributed by atoms with van der Waals surface area (Å²) in [4.78, 5) is 0. The lowest BCUT2D eigenvalue weighted by Crippen LogP contribution is -2.28. The normalized spacial score (nSPS) is 13.4. The molecule has 0 radical (unpaired) electrons. The lowest BCUT2D eigenvalue weighted by atomic mass is 10.0. The van der Waals surface area contributed by atoms with Crippen molar-refractivity contribution in [1.82, 2.24) is 5.32 Å². The van der Waals surface area contributed by atoms with Gasteiger partial charge in [0.1, 0.15) is 0 Å². The quantitative estimate of drug-likeness (QED) is 0.548. The Morgan fingerprint density at radius 3 is 2.47 bits per heavy atom. The third kappa shape index (κ3) is 11.8. The Balaban J connectivity index is 3.13. The first-order valence-corrected chi connectivity index (χ1v) is 6.08. The molecule has 1 unspecified atom stereocenters. The molecule has 0 saturated heterocycles. The SMILES string of the molecule is CC(C)CCC(C)NCCCOCCO. The van der Waals surface area contributed by atoms with Gasteiger partial charge in [-0.3, -0.25) is 0 Å². The van der Waals surface area contributed by atoms with E-state index in [1.165, 1.54) is 12.8 Å². The van der Waals surface area contributed by atoms with Gasteiger partial charge in [-0.15, -0.1) is 0 Å². The Bertz CT molecular complexity index is 129. The van der Waals surface area contributed by atoms with Crippen molar-refractivity contribution in [3.8, 4) is 0 Å². The van der Waals surface area contributed by atoms with Crippen LogP contribution >= 0.6 is 0 Å². The Labute approximate surface area is 94.2 Å². The maximum atomic E-state index is 8.49. The number of nitrogens with one attached hydrogen (secondary N) is 1. The predicted molar refractivity (Wildman–Crippen MR) is 64.1 cm³/mol. The second-order valence-electron chi connectivity index (χ2n) is 4.52. The topological polar surface area (TPSA) is 41.5 Å². The largest absolute Gasteiger partial charge is 0.394 e. The van der Waals surface area contributed by atoms with Crippen LogP contribution in [0.4, 0.5) is 0 Å². The molecule has 0 rings (SSSR count). The van der Waals surface area contributed by atoms with Crippen LogP contribution in [0.5, 0.6) is 0 Å². The number of aliphatic hydroxyl groups excluding tert-OH is 1. The molecule has 3 heteroatoms. The summed E-state index contributed by atoms with van der Waals surface area (Å²) in [6.45, 7) is 9.08. The van der Waals surface area contributed by atoms with Gasteiger partial charge in [-0.25, -0.2) is 0 Å². The van der Waals surface area contributed by atoms with Gasteiger partial charge in [-0.1, -0.05) is 13.8 Å². The van der Waals surface area contributed by atoms with Crippen LogP contribution in [-0.4, -0.2) is 37.5 Å². The van der Waals surface area contributed by atoms with Crippen molar-refractivity contribution in [2.45, 2.75) is 46.1 Å². The first kappa shape index (κ1) is 14.9. The van der Waals surface area contributed by atoms with Gasteiger partial charge in [-0.05, 0) is 38.6 Å². The van der Waals surface area contributed by atoms with E-state index >= 15 is 0 Å². The molecule has 0 saturated carbocycles. The van der Waals surface area contributed by atoms with Gasteiger partial charge < -0.3 is 15.2 Å². The first-order chi connectivity index (χ1) is 7.16. The van der Waals surface area contributed by atoms with Crippen LogP contribution in [0.15, 0.2) is 0 Å². The summed E-state index contributed by atoms with van der Waals surface area (Å²) in [7, 11) is 0. The molecule has 0 aliphatic heterocycles. The summed E-state index contributed by atoms with van der Waals surface area (Å²) < 4.78 is 5.17. The zero-order valence-electron chi connectivity index (χ0n) is 10.5. The molecule has 1 atom stereocenters. The van der Waals surface area contributed by atoms with Gasteiger partial charge >= 0.3 is 0 Å². The van der Waals surface area contributed by atoms with Gasteiger partial charge in [0.25, 0.3) is 0 Å². The van der Waals surface area contributed by atoms with E-state index in [4.69, 9.17) is 9.84 Å². The van der Waals surface area contributed by atoms with Crippen molar-refractivity contribution >= 4 is 0 Å². The smallest absolute Gasteiger partial charge is 0.0697 e. The van der Waals surface area contributed by atoms with Crippen molar-refractivity contribution in [3.05, 3.63) is 0 Å². The maximum Gasteiger partial charge on any atom is 0.0697 e. The lowest BCUT2D eigenvalue weighted by molar-refractivity contribution is 0.0904. The van der Waals surface area contributed by atoms with Gasteiger partial charge in [0.05, 0.1) is 13.2 Å². The van der Waals surface area contributed by atoms with Gasteiger partial charge in [0, 0.05) is 12.6 Å². The van der Waals surface area contributed by atoms with E-state index in [1.54, 1.807) is 0 Å². The van der Waals surface area contributed by atoms with E-state index in [1.807, 2.05) is 0 Å². The highest BCUT2D eigenvalue weighted by Crippen LogP contribution is 2.06. The van der Waals surface area contributed by atoms with Crippen LogP contribution in [-0.2, 0) is 4.74 Å². The van der Waals surface area contributed by atoms with E-state index < -0.39 is 0 Å². The van der Waals surface area contributed by atoms with Gasteiger partial charge in [-0.2, -0.15) is 0 Å². The van der Waals surface area contributed by atoms with Crippen molar-refractivity contribution in [1.29, 1.82) is 0 Å². The number of rotatable bonds is 10. The summed E-state index contributed by atoms with van der Waals surface area (Å²) in [5.41, 5.74) is 0. The van der Waals surface area contributed by atoms with Crippen LogP contribution in [0.2, 0.25) is 0 Å². The standard InChI is InChI=1S/C12H27NO2/c1-11(2)5-6-12(3)13-7-4-9-15-10-8-14/h11-14H,4-10H2,1-3H3. The molecule has 15 heavy (non-hydrogen) atoms. The minimum absolute atomic E-state index is 0.123. The molecule has 0 bridgehead atoms. The summed E-state index contributed by atoms with van der Waals surface area (Å²) in [5, 5.41) is 12.0. The number of ether oxygens (including phenoxy) is 1. The van der Waals surface area contributed by atoms with Crippen molar-refractivity contribution in [2.24, 2.45) is 5.92 Å². The molecular weight excluding hydrogens is 190 g/mol. The van der Waals surface area contributed by atoms with Crippen LogP contribution in [0, 0.1) is 5.92 Å². The molecule has 0 aromatic rings. The number of hydrogen-bond acceptors (Lipinski definition) is 3. The van der Waals surface area contributed by atoms with E-state index in [9.17, 15) is 0 Å². The van der Waals surface area contributed by atoms with Crippen molar-refractivity contribution < 1.29 is 9.84 Å². The number of aliphatic hydroxyl groups is 1. The third-order valence-corrected chi connectivity index (χ3v) is 2.37. The van der Waals surface area contributed by atoms with Crippen molar-refractivity contribution in [3.63, 3.8) is 0 Å². The Morgan fingerprint density at radius 1 is 1.13 bits per heavy atom. The highest BCUT2D eigenvalue weighted by atomic mass is 16.5. The highest BCUT2D eigenvalue weighted by Gasteiger charge is 2.02. The van der Waals surface area contributed by atoms with E-state index in [0.717, 1.165) is 25.5 Å². The van der Waals surface area contributed by atoms with Crippen LogP contribution in [0.3, 0.4) is 0 Å². The van der Waals surface area contributed by atoms with Crippen LogP contribution in [0.1, 0.15) is 40.0 Å². The molecule has 92 valence electrons. The molecule has 0 heterocycles. The Hall–Kier alpha value is -0.120. The average Bonchev–Trinajstić information content (AvgIpc) is 2.20. The second kappa shape index (κ2) is 10.4. The zero-order chi connectivity index (χ0) is 11.5. The molecule has 0 aromatic carbocycles. The molecule has 2 N–H and O–H groups in total. The van der Waals surface area contributed by atoms with Crippen LogP contribution < -0.4 is 5.32 Å². The molecule has 0 spiro atoms. The van der Waals surface area contributed by atoms with E-state index in [2.05, 4.69) is 26.1 Å². The Morgan fingerprint density at radius 2 is 1.87 bits per heavy atom. The minimum Gasteiger partial charge on any atom is -0.394 e. The summed E-state index contributed by atoms with van der Waals surface area (Å²) in [6, 6.07) is 0.602. The third-order valence-electron chi connectivity index (χ3n) is 2.37.